The SMILES string of the molecule is CS[C@@H]1CC[C@@H](NC(=O)N[C@@H]2CCN(CC3CC3)C2)C1. The summed E-state index contributed by atoms with van der Waals surface area (Å²) in [5, 5.41) is 7.06. The van der Waals surface area contributed by atoms with Crippen LogP contribution in [-0.2, 0) is 0 Å². The number of carbonyl (C=O) groups is 1. The number of likely N-dealkylation sites (tertiary alicyclic amines) is 1. The van der Waals surface area contributed by atoms with Gasteiger partial charge in [-0.15, -0.1) is 0 Å². The Kier molecular flexibility index (Phi) is 4.76. The summed E-state index contributed by atoms with van der Waals surface area (Å²) in [5.41, 5.74) is 0. The van der Waals surface area contributed by atoms with Crippen molar-refractivity contribution in [3.05, 3.63) is 0 Å². The van der Waals surface area contributed by atoms with E-state index >= 15 is 0 Å². The van der Waals surface area contributed by atoms with Crippen molar-refractivity contribution in [1.82, 2.24) is 15.5 Å². The molecule has 2 aliphatic carbocycles. The molecule has 0 unspecified atom stereocenters. The highest BCUT2D eigenvalue weighted by Crippen LogP contribution is 2.31. The van der Waals surface area contributed by atoms with E-state index in [1.54, 1.807) is 0 Å². The van der Waals surface area contributed by atoms with Gasteiger partial charge in [-0.2, -0.15) is 11.8 Å². The van der Waals surface area contributed by atoms with Crippen molar-refractivity contribution >= 4 is 17.8 Å². The number of thioether (sulfide) groups is 1. The minimum absolute atomic E-state index is 0.0509. The van der Waals surface area contributed by atoms with Crippen LogP contribution < -0.4 is 10.6 Å². The summed E-state index contributed by atoms with van der Waals surface area (Å²) in [6, 6.07) is 0.790. The maximum absolute atomic E-state index is 12.0. The molecule has 0 aromatic rings. The summed E-state index contributed by atoms with van der Waals surface area (Å²) in [5.74, 6) is 0.949. The van der Waals surface area contributed by atoms with Crippen LogP contribution in [0.15, 0.2) is 0 Å². The first-order valence-electron chi connectivity index (χ1n) is 8.05. The number of carbonyl (C=O) groups excluding carboxylic acids is 1. The van der Waals surface area contributed by atoms with Crippen LogP contribution in [0.4, 0.5) is 4.79 Å². The topological polar surface area (TPSA) is 44.4 Å². The summed E-state index contributed by atoms with van der Waals surface area (Å²) in [6.07, 6.45) is 9.61. The molecule has 1 saturated heterocycles. The van der Waals surface area contributed by atoms with Crippen LogP contribution in [0.25, 0.3) is 0 Å². The Morgan fingerprint density at radius 1 is 1.15 bits per heavy atom. The first-order valence-corrected chi connectivity index (χ1v) is 9.34. The minimum Gasteiger partial charge on any atom is -0.335 e. The molecule has 5 heteroatoms. The Hall–Kier alpha value is -0.420. The van der Waals surface area contributed by atoms with E-state index in [0.29, 0.717) is 12.1 Å². The van der Waals surface area contributed by atoms with Gasteiger partial charge in [0.25, 0.3) is 0 Å². The molecule has 0 radical (unpaired) electrons. The number of amides is 2. The van der Waals surface area contributed by atoms with E-state index in [4.69, 9.17) is 0 Å². The third-order valence-electron chi connectivity index (χ3n) is 4.87. The van der Waals surface area contributed by atoms with Crippen LogP contribution in [-0.4, -0.2) is 54.2 Å². The summed E-state index contributed by atoms with van der Waals surface area (Å²) >= 11 is 1.93. The van der Waals surface area contributed by atoms with Crippen LogP contribution in [0.3, 0.4) is 0 Å². The lowest BCUT2D eigenvalue weighted by Gasteiger charge is -2.18. The molecule has 1 aliphatic heterocycles. The molecule has 0 spiro atoms. The predicted molar refractivity (Wildman–Crippen MR) is 84.2 cm³/mol. The normalized spacial score (nSPS) is 34.4. The van der Waals surface area contributed by atoms with Crippen molar-refractivity contribution in [2.75, 3.05) is 25.9 Å². The zero-order valence-corrected chi connectivity index (χ0v) is 13.3. The van der Waals surface area contributed by atoms with Gasteiger partial charge in [-0.25, -0.2) is 4.79 Å². The molecule has 20 heavy (non-hydrogen) atoms. The van der Waals surface area contributed by atoms with Gasteiger partial charge in [0.2, 0.25) is 0 Å². The number of hydrogen-bond donors (Lipinski definition) is 2. The van der Waals surface area contributed by atoms with Crippen LogP contribution in [0.5, 0.6) is 0 Å². The van der Waals surface area contributed by atoms with Gasteiger partial charge in [0.15, 0.2) is 0 Å². The van der Waals surface area contributed by atoms with E-state index in [0.717, 1.165) is 43.5 Å². The van der Waals surface area contributed by atoms with Crippen molar-refractivity contribution in [2.45, 2.75) is 55.9 Å². The summed E-state index contributed by atoms with van der Waals surface area (Å²) in [7, 11) is 0. The van der Waals surface area contributed by atoms with E-state index in [-0.39, 0.29) is 6.03 Å². The molecule has 2 amide bonds. The predicted octanol–water partition coefficient (Wildman–Crippen LogP) is 2.05. The van der Waals surface area contributed by atoms with Gasteiger partial charge >= 0.3 is 6.03 Å². The molecule has 0 bridgehead atoms. The van der Waals surface area contributed by atoms with Gasteiger partial charge in [0.05, 0.1) is 0 Å². The molecule has 2 saturated carbocycles. The number of rotatable bonds is 5. The quantitative estimate of drug-likeness (QED) is 0.816. The number of urea groups is 1. The molecule has 4 nitrogen and oxygen atoms in total. The molecular weight excluding hydrogens is 270 g/mol. The number of hydrogen-bond acceptors (Lipinski definition) is 3. The fraction of sp³-hybridized carbons (Fsp3) is 0.933. The Labute approximate surface area is 126 Å². The zero-order valence-electron chi connectivity index (χ0n) is 12.4. The molecule has 3 atom stereocenters. The highest BCUT2D eigenvalue weighted by Gasteiger charge is 2.30. The van der Waals surface area contributed by atoms with Crippen LogP contribution >= 0.6 is 11.8 Å². The van der Waals surface area contributed by atoms with Gasteiger partial charge in [-0.1, -0.05) is 0 Å². The summed E-state index contributed by atoms with van der Waals surface area (Å²) in [6.45, 7) is 3.44. The van der Waals surface area contributed by atoms with Gasteiger partial charge in [0, 0.05) is 37.0 Å². The lowest BCUT2D eigenvalue weighted by atomic mass is 10.2. The molecule has 3 aliphatic rings. The molecule has 0 aromatic carbocycles. The van der Waals surface area contributed by atoms with Crippen molar-refractivity contribution in [3.63, 3.8) is 0 Å². The first-order chi connectivity index (χ1) is 9.72. The average molecular weight is 297 g/mol. The van der Waals surface area contributed by atoms with Crippen molar-refractivity contribution in [2.24, 2.45) is 5.92 Å². The Bertz CT molecular complexity index is 348. The number of nitrogens with one attached hydrogen (secondary N) is 2. The molecular formula is C15H27N3OS. The molecule has 0 aromatic heterocycles. The van der Waals surface area contributed by atoms with E-state index in [9.17, 15) is 4.79 Å². The van der Waals surface area contributed by atoms with Crippen molar-refractivity contribution in [1.29, 1.82) is 0 Å². The standard InChI is InChI=1S/C15H27N3OS/c1-20-14-5-4-12(8-14)16-15(19)17-13-6-7-18(10-13)9-11-2-3-11/h11-14H,2-10H2,1H3,(H2,16,17,19)/t12-,13-,14-/m1/s1. The molecule has 3 fully saturated rings. The van der Waals surface area contributed by atoms with Gasteiger partial charge in [0.1, 0.15) is 0 Å². The minimum atomic E-state index is 0.0509. The molecule has 1 heterocycles. The average Bonchev–Trinajstić information content (AvgIpc) is 2.94. The molecule has 2 N–H and O–H groups in total. The Morgan fingerprint density at radius 3 is 2.65 bits per heavy atom. The fourth-order valence-corrected chi connectivity index (χ4v) is 4.28. The maximum atomic E-state index is 12.0. The zero-order chi connectivity index (χ0) is 13.9. The van der Waals surface area contributed by atoms with Crippen molar-refractivity contribution < 1.29 is 4.79 Å². The maximum Gasteiger partial charge on any atom is 0.315 e. The fourth-order valence-electron chi connectivity index (χ4n) is 3.48. The summed E-state index contributed by atoms with van der Waals surface area (Å²) < 4.78 is 0. The highest BCUT2D eigenvalue weighted by atomic mass is 32.2. The monoisotopic (exact) mass is 297 g/mol. The first kappa shape index (κ1) is 14.5. The van der Waals surface area contributed by atoms with Gasteiger partial charge in [-0.05, 0) is 50.7 Å². The van der Waals surface area contributed by atoms with E-state index in [1.807, 2.05) is 11.8 Å². The van der Waals surface area contributed by atoms with Crippen LogP contribution in [0.1, 0.15) is 38.5 Å². The van der Waals surface area contributed by atoms with Gasteiger partial charge in [-0.3, -0.25) is 0 Å². The van der Waals surface area contributed by atoms with Gasteiger partial charge < -0.3 is 15.5 Å². The van der Waals surface area contributed by atoms with E-state index in [1.165, 1.54) is 25.8 Å². The largest absolute Gasteiger partial charge is 0.335 e. The lowest BCUT2D eigenvalue weighted by molar-refractivity contribution is 0.232. The van der Waals surface area contributed by atoms with Crippen molar-refractivity contribution in [3.8, 4) is 0 Å². The second-order valence-corrected chi connectivity index (χ2v) is 7.81. The van der Waals surface area contributed by atoms with E-state index < -0.39 is 0 Å². The van der Waals surface area contributed by atoms with E-state index in [2.05, 4.69) is 21.8 Å². The number of nitrogens with zero attached hydrogens (tertiary/aromatic N) is 1. The summed E-state index contributed by atoms with van der Waals surface area (Å²) in [4.78, 5) is 14.6. The Morgan fingerprint density at radius 2 is 1.95 bits per heavy atom. The second-order valence-electron chi connectivity index (χ2n) is 6.67. The van der Waals surface area contributed by atoms with Crippen LogP contribution in [0, 0.1) is 5.92 Å². The second kappa shape index (κ2) is 6.56. The third kappa shape index (κ3) is 4.04. The van der Waals surface area contributed by atoms with Crippen LogP contribution in [0.2, 0.25) is 0 Å². The highest BCUT2D eigenvalue weighted by molar-refractivity contribution is 7.99. The smallest absolute Gasteiger partial charge is 0.315 e. The molecule has 3 rings (SSSR count). The molecule has 114 valence electrons. The third-order valence-corrected chi connectivity index (χ3v) is 5.97. The Balaban J connectivity index is 1.34. The lowest BCUT2D eigenvalue weighted by Crippen LogP contribution is -2.46.